The van der Waals surface area contributed by atoms with Crippen LogP contribution in [0.5, 0.6) is 11.5 Å². The van der Waals surface area contributed by atoms with E-state index in [9.17, 15) is 22.2 Å². The van der Waals surface area contributed by atoms with E-state index in [2.05, 4.69) is 20.7 Å². The van der Waals surface area contributed by atoms with Gasteiger partial charge in [-0.05, 0) is 40.2 Å². The Morgan fingerprint density at radius 3 is 2.58 bits per heavy atom. The van der Waals surface area contributed by atoms with E-state index in [4.69, 9.17) is 16.3 Å². The summed E-state index contributed by atoms with van der Waals surface area (Å²) in [7, 11) is -1.64. The Bertz CT molecular complexity index is 849. The number of hydrogen-bond acceptors (Lipinski definition) is 4. The van der Waals surface area contributed by atoms with Crippen LogP contribution < -0.4 is 9.46 Å². The average Bonchev–Trinajstić information content (AvgIpc) is 2.56. The van der Waals surface area contributed by atoms with Crippen molar-refractivity contribution >= 4 is 50.2 Å². The van der Waals surface area contributed by atoms with Crippen LogP contribution in [0.25, 0.3) is 0 Å². The topological polar surface area (TPSA) is 64.6 Å². The first-order chi connectivity index (χ1) is 12.2. The molecule has 0 aromatic heterocycles. The molecule has 0 saturated heterocycles. The molecule has 11 heteroatoms. The summed E-state index contributed by atoms with van der Waals surface area (Å²) in [4.78, 5) is 12.0. The Kier molecular flexibility index (Phi) is 6.90. The quantitative estimate of drug-likeness (QED) is 0.593. The van der Waals surface area contributed by atoms with E-state index in [1.807, 2.05) is 4.72 Å². The monoisotopic (exact) mass is 471 g/mol. The van der Waals surface area contributed by atoms with Gasteiger partial charge < -0.3 is 9.47 Å². The van der Waals surface area contributed by atoms with Crippen LogP contribution in [-0.2, 0) is 15.7 Å². The average molecular weight is 473 g/mol. The molecule has 0 radical (unpaired) electrons. The van der Waals surface area contributed by atoms with E-state index >= 15 is 0 Å². The summed E-state index contributed by atoms with van der Waals surface area (Å²) in [6, 6.07) is 5.99. The third-order valence-corrected chi connectivity index (χ3v) is 4.68. The lowest BCUT2D eigenvalue weighted by molar-refractivity contribution is 0.0600. The zero-order valence-corrected chi connectivity index (χ0v) is 16.1. The molecule has 26 heavy (non-hydrogen) atoms. The molecule has 0 spiro atoms. The number of alkyl halides is 2. The van der Waals surface area contributed by atoms with Crippen molar-refractivity contribution in [1.29, 1.82) is 0 Å². The molecule has 1 N–H and O–H groups in total. The molecule has 1 atom stereocenters. The molecule has 0 aliphatic rings. The van der Waals surface area contributed by atoms with Gasteiger partial charge in [0.25, 0.3) is 0 Å². The van der Waals surface area contributed by atoms with Gasteiger partial charge in [-0.3, -0.25) is 4.72 Å². The Balaban J connectivity index is 2.45. The molecule has 5 nitrogen and oxygen atoms in total. The van der Waals surface area contributed by atoms with E-state index in [1.54, 1.807) is 0 Å². The lowest BCUT2D eigenvalue weighted by atomic mass is 10.1. The van der Waals surface area contributed by atoms with Crippen molar-refractivity contribution in [2.24, 2.45) is 0 Å². The first kappa shape index (κ1) is 20.5. The molecule has 0 aliphatic carbocycles. The van der Waals surface area contributed by atoms with Crippen molar-refractivity contribution in [1.82, 2.24) is 0 Å². The standard InChI is InChI=1S/C15H10BrClF3NO4S/c1-24-14(22)12-10(21-26(23)15(19)20)2-3-11(13(12)16)25-9-5-7(17)4-8(18)6-9/h2-6,15,21H,1H3. The molecule has 0 aliphatic heterocycles. The van der Waals surface area contributed by atoms with Crippen LogP contribution in [-0.4, -0.2) is 23.0 Å². The summed E-state index contributed by atoms with van der Waals surface area (Å²) in [5.74, 6) is -4.59. The molecule has 0 fully saturated rings. The number of esters is 1. The predicted octanol–water partition coefficient (Wildman–Crippen LogP) is 5.12. The number of methoxy groups -OCH3 is 1. The van der Waals surface area contributed by atoms with Gasteiger partial charge in [-0.2, -0.15) is 8.78 Å². The maximum atomic E-state index is 13.4. The Morgan fingerprint density at radius 2 is 2.00 bits per heavy atom. The van der Waals surface area contributed by atoms with Crippen LogP contribution in [0, 0.1) is 5.82 Å². The number of nitrogens with one attached hydrogen (secondary N) is 1. The van der Waals surface area contributed by atoms with Crippen LogP contribution in [0.1, 0.15) is 10.4 Å². The molecular formula is C15H10BrClF3NO4S. The van der Waals surface area contributed by atoms with Crippen LogP contribution in [0.2, 0.25) is 5.02 Å². The maximum Gasteiger partial charge on any atom is 0.341 e. The Hall–Kier alpha value is -1.78. The number of hydrogen-bond donors (Lipinski definition) is 1. The zero-order chi connectivity index (χ0) is 19.4. The molecule has 2 aromatic carbocycles. The number of rotatable bonds is 6. The summed E-state index contributed by atoms with van der Waals surface area (Å²) in [5, 5.41) is 0.0925. The number of halogens is 5. The molecule has 0 amide bonds. The summed E-state index contributed by atoms with van der Waals surface area (Å²) in [6.45, 7) is 0. The highest BCUT2D eigenvalue weighted by atomic mass is 79.9. The fourth-order valence-corrected chi connectivity index (χ4v) is 3.17. The highest BCUT2D eigenvalue weighted by molar-refractivity contribution is 9.10. The van der Waals surface area contributed by atoms with E-state index < -0.39 is 28.5 Å². The van der Waals surface area contributed by atoms with E-state index in [0.717, 1.165) is 19.2 Å². The third kappa shape index (κ3) is 4.89. The number of carbonyl (C=O) groups excluding carboxylic acids is 1. The molecule has 0 heterocycles. The fourth-order valence-electron chi connectivity index (χ4n) is 1.89. The van der Waals surface area contributed by atoms with E-state index in [0.29, 0.717) is 0 Å². The van der Waals surface area contributed by atoms with Crippen LogP contribution >= 0.6 is 27.5 Å². The van der Waals surface area contributed by atoms with Gasteiger partial charge in [0.15, 0.2) is 11.0 Å². The molecule has 2 rings (SSSR count). The smallest absolute Gasteiger partial charge is 0.341 e. The van der Waals surface area contributed by atoms with Crippen LogP contribution in [0.3, 0.4) is 0 Å². The first-order valence-electron chi connectivity index (χ1n) is 6.73. The number of benzene rings is 2. The molecule has 0 saturated carbocycles. The summed E-state index contributed by atoms with van der Waals surface area (Å²) >= 11 is 8.87. The minimum atomic E-state index is -3.16. The molecule has 0 bridgehead atoms. The third-order valence-electron chi connectivity index (χ3n) is 2.93. The normalized spacial score (nSPS) is 12.0. The van der Waals surface area contributed by atoms with Gasteiger partial charge in [0.05, 0.1) is 17.3 Å². The molecule has 140 valence electrons. The van der Waals surface area contributed by atoms with Gasteiger partial charge in [0.1, 0.15) is 22.9 Å². The van der Waals surface area contributed by atoms with E-state index in [1.165, 1.54) is 18.2 Å². The highest BCUT2D eigenvalue weighted by Gasteiger charge is 2.23. The largest absolute Gasteiger partial charge is 0.465 e. The fraction of sp³-hybridized carbons (Fsp3) is 0.133. The number of ether oxygens (including phenoxy) is 2. The second-order valence-electron chi connectivity index (χ2n) is 4.66. The lowest BCUT2D eigenvalue weighted by Crippen LogP contribution is -2.16. The summed E-state index contributed by atoms with van der Waals surface area (Å²) in [5.41, 5.74) is -0.381. The van der Waals surface area contributed by atoms with Crippen molar-refractivity contribution in [3.8, 4) is 11.5 Å². The lowest BCUT2D eigenvalue weighted by Gasteiger charge is -2.15. The van der Waals surface area contributed by atoms with Crippen LogP contribution in [0.4, 0.5) is 18.9 Å². The van der Waals surface area contributed by atoms with Crippen molar-refractivity contribution in [3.05, 3.63) is 51.2 Å². The van der Waals surface area contributed by atoms with E-state index in [-0.39, 0.29) is 32.2 Å². The van der Waals surface area contributed by atoms with Crippen LogP contribution in [0.15, 0.2) is 34.8 Å². The number of anilines is 1. The van der Waals surface area contributed by atoms with Gasteiger partial charge in [-0.15, -0.1) is 0 Å². The van der Waals surface area contributed by atoms with Gasteiger partial charge in [-0.25, -0.2) is 13.4 Å². The van der Waals surface area contributed by atoms with Gasteiger partial charge in [-0.1, -0.05) is 11.6 Å². The summed E-state index contributed by atoms with van der Waals surface area (Å²) < 4.78 is 61.9. The Morgan fingerprint density at radius 1 is 1.31 bits per heavy atom. The Labute approximate surface area is 162 Å². The second-order valence-corrected chi connectivity index (χ2v) is 7.04. The first-order valence-corrected chi connectivity index (χ1v) is 9.11. The SMILES string of the molecule is COC(=O)c1c(NS(=O)C(F)F)ccc(Oc2cc(F)cc(Cl)c2)c1Br. The van der Waals surface area contributed by atoms with Gasteiger partial charge >= 0.3 is 11.7 Å². The van der Waals surface area contributed by atoms with Gasteiger partial charge in [0, 0.05) is 11.1 Å². The highest BCUT2D eigenvalue weighted by Crippen LogP contribution is 2.38. The van der Waals surface area contributed by atoms with Crippen molar-refractivity contribution in [3.63, 3.8) is 0 Å². The minimum absolute atomic E-state index is 0.0287. The molecule has 1 unspecified atom stereocenters. The number of carbonyl (C=O) groups is 1. The van der Waals surface area contributed by atoms with Crippen molar-refractivity contribution in [2.75, 3.05) is 11.8 Å². The maximum absolute atomic E-state index is 13.4. The minimum Gasteiger partial charge on any atom is -0.465 e. The molecule has 2 aromatic rings. The summed E-state index contributed by atoms with van der Waals surface area (Å²) in [6.07, 6.45) is 0. The molecular weight excluding hydrogens is 463 g/mol. The zero-order valence-electron chi connectivity index (χ0n) is 12.9. The van der Waals surface area contributed by atoms with Gasteiger partial charge in [0.2, 0.25) is 0 Å². The van der Waals surface area contributed by atoms with Crippen molar-refractivity contribution in [2.45, 2.75) is 5.76 Å². The predicted molar refractivity (Wildman–Crippen MR) is 94.7 cm³/mol. The second kappa shape index (κ2) is 8.74. The van der Waals surface area contributed by atoms with Crippen molar-refractivity contribution < 1.29 is 31.6 Å².